The molecule has 0 bridgehead atoms. The average molecular weight is 771 g/mol. The van der Waals surface area contributed by atoms with E-state index in [4.69, 9.17) is 14.9 Å². The highest BCUT2D eigenvalue weighted by Crippen LogP contribution is 2.32. The van der Waals surface area contributed by atoms with Crippen LogP contribution in [0, 0.1) is 17.7 Å². The molecule has 1 aliphatic heterocycles. The smallest absolute Gasteiger partial charge is 0.324 e. The number of nitrogens with zero attached hydrogens (tertiary/aromatic N) is 4. The zero-order valence-corrected chi connectivity index (χ0v) is 33.0. The molecule has 296 valence electrons. The van der Waals surface area contributed by atoms with Crippen LogP contribution >= 0.6 is 0 Å². The van der Waals surface area contributed by atoms with Crippen molar-refractivity contribution in [2.75, 3.05) is 49.2 Å². The lowest BCUT2D eigenvalue weighted by Gasteiger charge is -2.20. The van der Waals surface area contributed by atoms with Crippen LogP contribution in [0.15, 0.2) is 103 Å². The second kappa shape index (κ2) is 18.5. The molecule has 0 spiro atoms. The summed E-state index contributed by atoms with van der Waals surface area (Å²) in [6.45, 7) is 11.2. The van der Waals surface area contributed by atoms with Gasteiger partial charge in [-0.25, -0.2) is 19.7 Å². The third-order valence-electron chi connectivity index (χ3n) is 9.44. The molecule has 1 fully saturated rings. The van der Waals surface area contributed by atoms with E-state index in [2.05, 4.69) is 46.4 Å². The normalized spacial score (nSPS) is 14.5. The van der Waals surface area contributed by atoms with Gasteiger partial charge in [-0.05, 0) is 55.3 Å². The molecular weight excluding hydrogens is 721 g/mol. The predicted molar refractivity (Wildman–Crippen MR) is 224 cm³/mol. The van der Waals surface area contributed by atoms with Crippen molar-refractivity contribution in [2.24, 2.45) is 5.41 Å². The summed E-state index contributed by atoms with van der Waals surface area (Å²) in [5, 5.41) is 25.3. The van der Waals surface area contributed by atoms with E-state index >= 15 is 0 Å². The Morgan fingerprint density at radius 3 is 2.46 bits per heavy atom. The molecule has 0 radical (unpaired) electrons. The number of pyridine rings is 1. The van der Waals surface area contributed by atoms with Crippen molar-refractivity contribution in [1.29, 1.82) is 5.41 Å². The number of carbonyl (C=O) groups excluding carboxylic acids is 2. The molecule has 1 unspecified atom stereocenters. The highest BCUT2D eigenvalue weighted by Gasteiger charge is 2.22. The number of hydrogen-bond donors (Lipinski definition) is 6. The minimum Gasteiger partial charge on any atom is -0.488 e. The van der Waals surface area contributed by atoms with Crippen LogP contribution in [-0.2, 0) is 11.3 Å². The summed E-state index contributed by atoms with van der Waals surface area (Å²) >= 11 is 0. The maximum atomic E-state index is 13.4. The summed E-state index contributed by atoms with van der Waals surface area (Å²) in [6.07, 6.45) is 7.50. The minimum atomic E-state index is -0.463. The fraction of sp³-hybridized carbons (Fsp3) is 0.302. The molecule has 5 aromatic rings. The number of allylic oxidation sites excluding steroid dienone is 1. The van der Waals surface area contributed by atoms with Crippen LogP contribution in [0.25, 0.3) is 10.8 Å². The van der Waals surface area contributed by atoms with Crippen LogP contribution in [-0.4, -0.2) is 76.9 Å². The fourth-order valence-corrected chi connectivity index (χ4v) is 6.08. The van der Waals surface area contributed by atoms with Crippen LogP contribution in [0.3, 0.4) is 0 Å². The number of rotatable bonds is 15. The lowest BCUT2D eigenvalue weighted by Crippen LogP contribution is -2.34. The van der Waals surface area contributed by atoms with E-state index in [0.29, 0.717) is 41.2 Å². The zero-order chi connectivity index (χ0) is 40.4. The second-order valence-electron chi connectivity index (χ2n) is 14.9. The van der Waals surface area contributed by atoms with E-state index in [-0.39, 0.29) is 24.3 Å². The monoisotopic (exact) mass is 770 g/mol. The number of hydrogen-bond acceptors (Lipinski definition) is 11. The van der Waals surface area contributed by atoms with Crippen LogP contribution in [0.4, 0.5) is 27.8 Å². The van der Waals surface area contributed by atoms with Crippen LogP contribution < -0.4 is 31.3 Å². The van der Waals surface area contributed by atoms with Gasteiger partial charge in [-0.1, -0.05) is 62.7 Å². The number of aryl methyl sites for hydroxylation is 1. The molecule has 57 heavy (non-hydrogen) atoms. The molecule has 3 heterocycles. The minimum absolute atomic E-state index is 0.232. The van der Waals surface area contributed by atoms with Crippen molar-refractivity contribution in [3.8, 4) is 5.75 Å². The van der Waals surface area contributed by atoms with E-state index < -0.39 is 11.4 Å². The number of methoxy groups -OCH3 is 1. The number of urea groups is 1. The van der Waals surface area contributed by atoms with Gasteiger partial charge in [0.15, 0.2) is 0 Å². The summed E-state index contributed by atoms with van der Waals surface area (Å²) in [4.78, 5) is 41.3. The van der Waals surface area contributed by atoms with Gasteiger partial charge in [0.2, 0.25) is 0 Å². The van der Waals surface area contributed by atoms with Crippen molar-refractivity contribution in [3.63, 3.8) is 0 Å². The first-order valence-corrected chi connectivity index (χ1v) is 18.9. The largest absolute Gasteiger partial charge is 0.488 e. The van der Waals surface area contributed by atoms with Crippen LogP contribution in [0.1, 0.15) is 48.8 Å². The Bertz CT molecular complexity index is 2220. The van der Waals surface area contributed by atoms with E-state index in [1.807, 2.05) is 94.4 Å². The van der Waals surface area contributed by atoms with Crippen LogP contribution in [0.2, 0.25) is 0 Å². The first-order chi connectivity index (χ1) is 27.4. The molecule has 14 nitrogen and oxygen atoms in total. The van der Waals surface area contributed by atoms with Gasteiger partial charge in [-0.2, -0.15) is 0 Å². The average Bonchev–Trinajstić information content (AvgIpc) is 3.66. The van der Waals surface area contributed by atoms with E-state index in [1.54, 1.807) is 25.4 Å². The second-order valence-corrected chi connectivity index (χ2v) is 14.9. The van der Waals surface area contributed by atoms with Gasteiger partial charge in [-0.3, -0.25) is 15.0 Å². The Labute approximate surface area is 333 Å². The Kier molecular flexibility index (Phi) is 13.1. The number of ether oxygens (including phenoxy) is 2. The van der Waals surface area contributed by atoms with Crippen molar-refractivity contribution in [3.05, 3.63) is 120 Å². The lowest BCUT2D eigenvalue weighted by molar-refractivity contribution is 0.0938. The maximum Gasteiger partial charge on any atom is 0.324 e. The molecule has 1 atom stereocenters. The summed E-state index contributed by atoms with van der Waals surface area (Å²) in [5.74, 6) is 1.73. The van der Waals surface area contributed by atoms with Gasteiger partial charge >= 0.3 is 6.03 Å². The molecule has 6 N–H and O–H groups in total. The van der Waals surface area contributed by atoms with Crippen molar-refractivity contribution in [1.82, 2.24) is 30.5 Å². The Balaban J connectivity index is 1.05. The first kappa shape index (κ1) is 40.3. The number of likely N-dealkylation sites (tertiary alicyclic amines) is 1. The molecular formula is C43H50N10O4. The predicted octanol–water partition coefficient (Wildman–Crippen LogP) is 7.25. The molecule has 1 saturated heterocycles. The SMILES string of the molecule is COC1CCN(CCNC(=O)c2cnc(Nc3cc(COc4ccc(NC(=O)N/C(=C/C(=N)C(C)(C)C)Nc5ccc(C)cc5)c5ccccc45)ccn3)cn2)C1. The van der Waals surface area contributed by atoms with Crippen molar-refractivity contribution in [2.45, 2.75) is 46.8 Å². The van der Waals surface area contributed by atoms with Crippen LogP contribution in [0.5, 0.6) is 5.75 Å². The Hall–Kier alpha value is -6.38. The number of benzene rings is 3. The highest BCUT2D eigenvalue weighted by molar-refractivity contribution is 6.05. The Morgan fingerprint density at radius 2 is 1.74 bits per heavy atom. The molecule has 3 aromatic carbocycles. The number of amides is 3. The quantitative estimate of drug-likeness (QED) is 0.0595. The zero-order valence-electron chi connectivity index (χ0n) is 33.0. The summed E-state index contributed by atoms with van der Waals surface area (Å²) in [7, 11) is 1.73. The summed E-state index contributed by atoms with van der Waals surface area (Å²) in [6, 6.07) is 22.4. The number of carbonyl (C=O) groups is 2. The van der Waals surface area contributed by atoms with Gasteiger partial charge in [0.1, 0.15) is 35.5 Å². The third-order valence-corrected chi connectivity index (χ3v) is 9.44. The summed E-state index contributed by atoms with van der Waals surface area (Å²) < 4.78 is 11.7. The molecule has 0 aliphatic carbocycles. The summed E-state index contributed by atoms with van der Waals surface area (Å²) in [5.41, 5.74) is 3.53. The van der Waals surface area contributed by atoms with Gasteiger partial charge in [-0.15, -0.1) is 0 Å². The maximum absolute atomic E-state index is 13.4. The molecule has 3 amide bonds. The van der Waals surface area contributed by atoms with Gasteiger partial charge < -0.3 is 36.2 Å². The standard InChI is InChI=1S/C43H50N10O4/c1-28-10-12-30(13-11-28)49-39(23-37(44)43(2,3)4)52-42(55)50-34-14-15-36(33-9-7-6-8-32(33)34)57-27-29-16-18-45-38(22-29)51-40-25-47-35(24-48-40)41(54)46-19-21-53-20-17-31(26-53)56-5/h6-16,18,22-25,31,44,49H,17,19-21,26-27H2,1-5H3,(H,46,54)(H,45,48,51)(H2,50,52,55)/b39-23+,44-37?. The number of anilines is 4. The third kappa shape index (κ3) is 11.3. The molecule has 1 aliphatic rings. The molecule has 0 saturated carbocycles. The number of nitrogens with one attached hydrogen (secondary N) is 6. The number of fused-ring (bicyclic) bond motifs is 1. The van der Waals surface area contributed by atoms with Gasteiger partial charge in [0, 0.05) is 73.1 Å². The highest BCUT2D eigenvalue weighted by atomic mass is 16.5. The first-order valence-electron chi connectivity index (χ1n) is 18.9. The van der Waals surface area contributed by atoms with Crippen molar-refractivity contribution >= 4 is 51.4 Å². The van der Waals surface area contributed by atoms with Crippen molar-refractivity contribution < 1.29 is 19.1 Å². The van der Waals surface area contributed by atoms with E-state index in [1.165, 1.54) is 12.4 Å². The molecule has 2 aromatic heterocycles. The van der Waals surface area contributed by atoms with Gasteiger partial charge in [0.25, 0.3) is 5.91 Å². The molecule has 14 heteroatoms. The van der Waals surface area contributed by atoms with E-state index in [9.17, 15) is 9.59 Å². The van der Waals surface area contributed by atoms with E-state index in [0.717, 1.165) is 53.6 Å². The fourth-order valence-electron chi connectivity index (χ4n) is 6.08. The Morgan fingerprint density at radius 1 is 0.947 bits per heavy atom. The topological polar surface area (TPSA) is 179 Å². The lowest BCUT2D eigenvalue weighted by atomic mass is 9.90. The van der Waals surface area contributed by atoms with Gasteiger partial charge in [0.05, 0.1) is 24.2 Å². The molecule has 6 rings (SSSR count). The number of aromatic nitrogens is 3.